The van der Waals surface area contributed by atoms with Crippen molar-refractivity contribution in [2.45, 2.75) is 58.0 Å². The Morgan fingerprint density at radius 1 is 0.958 bits per heavy atom. The number of ether oxygens (including phenoxy) is 1. The van der Waals surface area contributed by atoms with E-state index in [1.807, 2.05) is 6.07 Å². The van der Waals surface area contributed by atoms with Gasteiger partial charge in [-0.2, -0.15) is 0 Å². The maximum absolute atomic E-state index is 6.24. The van der Waals surface area contributed by atoms with Crippen LogP contribution in [0.25, 0.3) is 0 Å². The third kappa shape index (κ3) is 3.60. The molecule has 1 nitrogen and oxygen atoms in total. The fourth-order valence-electron chi connectivity index (χ4n) is 3.49. The van der Waals surface area contributed by atoms with Crippen LogP contribution in [0.1, 0.15) is 57.2 Å². The molecule has 0 heterocycles. The molecule has 1 aliphatic rings. The molecule has 3 heteroatoms. The van der Waals surface area contributed by atoms with Crippen LogP contribution < -0.4 is 9.20 Å². The van der Waals surface area contributed by atoms with E-state index < -0.39 is 0 Å². The molecule has 0 aromatic heterocycles. The summed E-state index contributed by atoms with van der Waals surface area (Å²) in [5.74, 6) is 1.06. The monoisotopic (exact) mass is 453 g/mol. The molecule has 127 valence electrons. The van der Waals surface area contributed by atoms with E-state index in [0.29, 0.717) is 19.7 Å². The Labute approximate surface area is 159 Å². The Balaban J connectivity index is 1.98. The van der Waals surface area contributed by atoms with Gasteiger partial charge in [0.05, 0.1) is 0 Å². The summed E-state index contributed by atoms with van der Waals surface area (Å²) in [7, 11) is 0. The van der Waals surface area contributed by atoms with Gasteiger partial charge >= 0.3 is 159 Å². The van der Waals surface area contributed by atoms with Gasteiger partial charge in [0.1, 0.15) is 0 Å². The van der Waals surface area contributed by atoms with Crippen LogP contribution in [0, 0.1) is 0 Å². The molecule has 0 unspecified atom stereocenters. The van der Waals surface area contributed by atoms with Crippen LogP contribution in [0.4, 0.5) is 0 Å². The SMILES string of the molecule is CC1(C)CCC(C)(C)c2cc([Se][Se])c(OCc3ccccc3)cc21. The molecule has 0 aliphatic heterocycles. The van der Waals surface area contributed by atoms with E-state index in [-0.39, 0.29) is 10.8 Å². The zero-order valence-electron chi connectivity index (χ0n) is 14.9. The molecule has 2 aromatic carbocycles. The van der Waals surface area contributed by atoms with Crippen molar-refractivity contribution in [1.29, 1.82) is 0 Å². The van der Waals surface area contributed by atoms with Gasteiger partial charge in [0.25, 0.3) is 0 Å². The average molecular weight is 451 g/mol. The Kier molecular flexibility index (Phi) is 5.19. The van der Waals surface area contributed by atoms with Crippen LogP contribution in [-0.4, -0.2) is 27.3 Å². The number of hydrogen-bond acceptors (Lipinski definition) is 1. The first-order chi connectivity index (χ1) is 11.3. The maximum atomic E-state index is 6.24. The van der Waals surface area contributed by atoms with Crippen molar-refractivity contribution in [2.75, 3.05) is 0 Å². The first kappa shape index (κ1) is 18.1. The summed E-state index contributed by atoms with van der Waals surface area (Å²) in [5.41, 5.74) is 4.67. The molecular weight excluding hydrogens is 426 g/mol. The standard InChI is InChI=1S/C21H25OSe2/c1-20(2)10-11-21(3,4)17-13-19(24-23)18(12-16(17)20)22-14-15-8-6-5-7-9-15/h5-9,12-13H,10-11,14H2,1-4H3. The molecule has 0 N–H and O–H groups in total. The fraction of sp³-hybridized carbons (Fsp3) is 0.429. The van der Waals surface area contributed by atoms with E-state index in [9.17, 15) is 0 Å². The van der Waals surface area contributed by atoms with Crippen molar-refractivity contribution in [2.24, 2.45) is 0 Å². The van der Waals surface area contributed by atoms with Crippen molar-refractivity contribution in [3.05, 3.63) is 59.2 Å². The molecule has 0 atom stereocenters. The molecular formula is C21H25OSe2. The van der Waals surface area contributed by atoms with Crippen molar-refractivity contribution in [1.82, 2.24) is 0 Å². The molecule has 2 aromatic rings. The average Bonchev–Trinajstić information content (AvgIpc) is 2.57. The van der Waals surface area contributed by atoms with Crippen LogP contribution in [-0.2, 0) is 17.4 Å². The summed E-state index contributed by atoms with van der Waals surface area (Å²) >= 11 is 3.54. The molecule has 0 fully saturated rings. The van der Waals surface area contributed by atoms with Crippen LogP contribution in [0.2, 0.25) is 0 Å². The van der Waals surface area contributed by atoms with E-state index in [0.717, 1.165) is 5.75 Å². The van der Waals surface area contributed by atoms with E-state index in [4.69, 9.17) is 4.74 Å². The van der Waals surface area contributed by atoms with E-state index in [1.165, 1.54) is 34.0 Å². The van der Waals surface area contributed by atoms with Crippen LogP contribution in [0.5, 0.6) is 5.75 Å². The van der Waals surface area contributed by atoms with Gasteiger partial charge in [0.15, 0.2) is 0 Å². The first-order valence-electron chi connectivity index (χ1n) is 8.49. The Morgan fingerprint density at radius 3 is 2.12 bits per heavy atom. The van der Waals surface area contributed by atoms with Crippen molar-refractivity contribution < 1.29 is 4.74 Å². The molecule has 0 spiro atoms. The molecule has 0 saturated carbocycles. The first-order valence-corrected chi connectivity index (χ1v) is 13.7. The van der Waals surface area contributed by atoms with Gasteiger partial charge in [-0.15, -0.1) is 0 Å². The summed E-state index contributed by atoms with van der Waals surface area (Å²) in [6, 6.07) is 15.1. The van der Waals surface area contributed by atoms with Gasteiger partial charge in [-0.1, -0.05) is 0 Å². The molecule has 0 bridgehead atoms. The van der Waals surface area contributed by atoms with Crippen molar-refractivity contribution in [3.8, 4) is 5.75 Å². The zero-order valence-corrected chi connectivity index (χ0v) is 18.3. The van der Waals surface area contributed by atoms with Gasteiger partial charge in [0.2, 0.25) is 0 Å². The second-order valence-electron chi connectivity index (χ2n) is 7.97. The Hall–Kier alpha value is -0.721. The molecule has 3 rings (SSSR count). The summed E-state index contributed by atoms with van der Waals surface area (Å²) in [6.45, 7) is 10.1. The summed E-state index contributed by atoms with van der Waals surface area (Å²) in [6.07, 6.45) is 2.48. The third-order valence-corrected chi connectivity index (χ3v) is 8.25. The quantitative estimate of drug-likeness (QED) is 0.639. The number of fused-ring (bicyclic) bond motifs is 1. The number of hydrogen-bond donors (Lipinski definition) is 0. The number of benzene rings is 2. The van der Waals surface area contributed by atoms with Crippen molar-refractivity contribution >= 4 is 31.8 Å². The number of rotatable bonds is 4. The topological polar surface area (TPSA) is 9.23 Å². The minimum absolute atomic E-state index is 0.221. The fourth-order valence-corrected chi connectivity index (χ4v) is 5.68. The minimum atomic E-state index is 0.221. The predicted octanol–water partition coefficient (Wildman–Crippen LogP) is 4.03. The Bertz CT molecular complexity index is 720. The van der Waals surface area contributed by atoms with Crippen LogP contribution in [0.15, 0.2) is 42.5 Å². The molecule has 0 amide bonds. The van der Waals surface area contributed by atoms with Gasteiger partial charge in [0, 0.05) is 0 Å². The summed E-state index contributed by atoms with van der Waals surface area (Å²) in [4.78, 5) is 0. The Morgan fingerprint density at radius 2 is 1.54 bits per heavy atom. The van der Waals surface area contributed by atoms with Crippen LogP contribution >= 0.6 is 0 Å². The van der Waals surface area contributed by atoms with Gasteiger partial charge < -0.3 is 0 Å². The second kappa shape index (κ2) is 6.88. The predicted molar refractivity (Wildman–Crippen MR) is 104 cm³/mol. The molecule has 1 aliphatic carbocycles. The van der Waals surface area contributed by atoms with Crippen molar-refractivity contribution in [3.63, 3.8) is 0 Å². The van der Waals surface area contributed by atoms with E-state index in [2.05, 4.69) is 78.3 Å². The summed E-state index contributed by atoms with van der Waals surface area (Å²) in [5, 5.41) is 0. The van der Waals surface area contributed by atoms with Gasteiger partial charge in [-0.3, -0.25) is 0 Å². The third-order valence-electron chi connectivity index (χ3n) is 5.24. The van der Waals surface area contributed by atoms with E-state index in [1.54, 1.807) is 0 Å². The molecule has 1 radical (unpaired) electrons. The van der Waals surface area contributed by atoms with Gasteiger partial charge in [-0.05, 0) is 0 Å². The molecule has 0 saturated heterocycles. The normalized spacial score (nSPS) is 18.0. The second-order valence-corrected chi connectivity index (χ2v) is 11.1. The van der Waals surface area contributed by atoms with E-state index >= 15 is 0 Å². The molecule has 24 heavy (non-hydrogen) atoms. The van der Waals surface area contributed by atoms with Crippen LogP contribution in [0.3, 0.4) is 0 Å². The van der Waals surface area contributed by atoms with Gasteiger partial charge in [-0.25, -0.2) is 0 Å². The zero-order chi connectivity index (χ0) is 17.4. The summed E-state index contributed by atoms with van der Waals surface area (Å²) < 4.78 is 7.57.